The standard InChI is InChI=1S/C22H13Cl3O3S2/c1-30(27,28)14-8-6-12(7-9-14)22-20(19-16(24)10-13(23)11-17(19)25)21(26)15-4-2-3-5-18(15)29-22/h2-11H,1H3. The third kappa shape index (κ3) is 3.88. The summed E-state index contributed by atoms with van der Waals surface area (Å²) in [6.45, 7) is 0. The van der Waals surface area contributed by atoms with Crippen molar-refractivity contribution < 1.29 is 8.42 Å². The summed E-state index contributed by atoms with van der Waals surface area (Å²) in [4.78, 5) is 14.3. The molecule has 30 heavy (non-hydrogen) atoms. The van der Waals surface area contributed by atoms with E-state index in [1.54, 1.807) is 36.4 Å². The third-order valence-corrected chi connectivity index (χ3v) is 7.76. The Balaban J connectivity index is 2.10. The van der Waals surface area contributed by atoms with Gasteiger partial charge in [0.1, 0.15) is 0 Å². The first kappa shape index (κ1) is 21.3. The molecule has 152 valence electrons. The molecule has 0 bridgehead atoms. The minimum atomic E-state index is -3.34. The largest absolute Gasteiger partial charge is 0.288 e. The number of hydrogen-bond donors (Lipinski definition) is 0. The van der Waals surface area contributed by atoms with Crippen LogP contribution in [0.3, 0.4) is 0 Å². The lowest BCUT2D eigenvalue weighted by Gasteiger charge is -2.14. The van der Waals surface area contributed by atoms with E-state index in [2.05, 4.69) is 0 Å². The maximum Gasteiger partial charge on any atom is 0.196 e. The summed E-state index contributed by atoms with van der Waals surface area (Å²) in [5, 5.41) is 1.45. The van der Waals surface area contributed by atoms with Gasteiger partial charge in [0.15, 0.2) is 15.3 Å². The van der Waals surface area contributed by atoms with Crippen LogP contribution in [-0.4, -0.2) is 14.7 Å². The van der Waals surface area contributed by atoms with E-state index in [1.807, 2.05) is 12.1 Å². The van der Waals surface area contributed by atoms with Gasteiger partial charge in [-0.2, -0.15) is 0 Å². The van der Waals surface area contributed by atoms with Gasteiger partial charge in [0, 0.05) is 31.8 Å². The van der Waals surface area contributed by atoms with Crippen LogP contribution in [0.2, 0.25) is 15.1 Å². The minimum Gasteiger partial charge on any atom is -0.288 e. The highest BCUT2D eigenvalue weighted by atomic mass is 35.5. The molecule has 4 rings (SSSR count). The highest BCUT2D eigenvalue weighted by Crippen LogP contribution is 2.43. The lowest BCUT2D eigenvalue weighted by Crippen LogP contribution is -2.07. The van der Waals surface area contributed by atoms with Crippen LogP contribution >= 0.6 is 46.1 Å². The van der Waals surface area contributed by atoms with Crippen molar-refractivity contribution >= 4 is 66.1 Å². The summed E-state index contributed by atoms with van der Waals surface area (Å²) >= 11 is 20.4. The molecule has 0 N–H and O–H groups in total. The highest BCUT2D eigenvalue weighted by Gasteiger charge is 2.21. The summed E-state index contributed by atoms with van der Waals surface area (Å²) in [7, 11) is -3.34. The van der Waals surface area contributed by atoms with Crippen LogP contribution in [0.1, 0.15) is 0 Å². The topological polar surface area (TPSA) is 51.2 Å². The molecule has 0 fully saturated rings. The fourth-order valence-corrected chi connectivity index (χ4v) is 6.03. The van der Waals surface area contributed by atoms with Gasteiger partial charge >= 0.3 is 0 Å². The zero-order valence-corrected chi connectivity index (χ0v) is 19.3. The first-order chi connectivity index (χ1) is 14.2. The van der Waals surface area contributed by atoms with E-state index in [4.69, 9.17) is 34.8 Å². The number of benzene rings is 3. The van der Waals surface area contributed by atoms with E-state index >= 15 is 0 Å². The molecular weight excluding hydrogens is 483 g/mol. The normalized spacial score (nSPS) is 11.7. The smallest absolute Gasteiger partial charge is 0.196 e. The number of rotatable bonds is 3. The molecule has 0 spiro atoms. The molecule has 0 aliphatic rings. The summed E-state index contributed by atoms with van der Waals surface area (Å²) in [5.41, 5.74) is 1.24. The molecule has 8 heteroatoms. The fraction of sp³-hybridized carbons (Fsp3) is 0.0455. The number of fused-ring (bicyclic) bond motifs is 1. The number of sulfone groups is 1. The Morgan fingerprint density at radius 2 is 1.43 bits per heavy atom. The molecular formula is C22H13Cl3O3S2. The van der Waals surface area contributed by atoms with Gasteiger partial charge in [0.2, 0.25) is 0 Å². The van der Waals surface area contributed by atoms with E-state index < -0.39 is 9.84 Å². The fourth-order valence-electron chi connectivity index (χ4n) is 3.21. The van der Waals surface area contributed by atoms with Crippen LogP contribution in [0, 0.1) is 0 Å². The van der Waals surface area contributed by atoms with E-state index in [0.717, 1.165) is 11.0 Å². The highest BCUT2D eigenvalue weighted by molar-refractivity contribution is 7.90. The maximum atomic E-state index is 13.5. The van der Waals surface area contributed by atoms with Gasteiger partial charge in [0.25, 0.3) is 0 Å². The lowest BCUT2D eigenvalue weighted by atomic mass is 10.00. The quantitative estimate of drug-likeness (QED) is 0.309. The molecule has 1 aromatic heterocycles. The molecule has 0 saturated carbocycles. The second-order valence-corrected chi connectivity index (χ2v) is 11.0. The van der Waals surface area contributed by atoms with Crippen molar-refractivity contribution in [1.82, 2.24) is 0 Å². The van der Waals surface area contributed by atoms with E-state index in [1.165, 1.54) is 23.5 Å². The van der Waals surface area contributed by atoms with Crippen molar-refractivity contribution in [1.29, 1.82) is 0 Å². The third-order valence-electron chi connectivity index (χ3n) is 4.60. The molecule has 0 amide bonds. The molecule has 0 aliphatic heterocycles. The van der Waals surface area contributed by atoms with Crippen molar-refractivity contribution in [3.05, 3.63) is 86.0 Å². The zero-order valence-electron chi connectivity index (χ0n) is 15.4. The van der Waals surface area contributed by atoms with Crippen LogP contribution in [-0.2, 0) is 9.84 Å². The van der Waals surface area contributed by atoms with Gasteiger partial charge in [-0.25, -0.2) is 8.42 Å². The minimum absolute atomic E-state index is 0.198. The van der Waals surface area contributed by atoms with Crippen LogP contribution in [0.5, 0.6) is 0 Å². The number of halogens is 3. The lowest BCUT2D eigenvalue weighted by molar-refractivity contribution is 0.602. The van der Waals surface area contributed by atoms with Gasteiger partial charge in [-0.15, -0.1) is 11.3 Å². The molecule has 0 aliphatic carbocycles. The van der Waals surface area contributed by atoms with Crippen molar-refractivity contribution in [2.75, 3.05) is 6.26 Å². The van der Waals surface area contributed by atoms with Gasteiger partial charge in [-0.3, -0.25) is 4.79 Å². The molecule has 4 aromatic rings. The van der Waals surface area contributed by atoms with Crippen molar-refractivity contribution in [2.45, 2.75) is 4.90 Å². The van der Waals surface area contributed by atoms with Crippen LogP contribution in [0.4, 0.5) is 0 Å². The van der Waals surface area contributed by atoms with E-state index in [9.17, 15) is 13.2 Å². The second kappa shape index (κ2) is 7.98. The van der Waals surface area contributed by atoms with Gasteiger partial charge < -0.3 is 0 Å². The Morgan fingerprint density at radius 3 is 2.03 bits per heavy atom. The first-order valence-electron chi connectivity index (χ1n) is 8.68. The van der Waals surface area contributed by atoms with Crippen molar-refractivity contribution in [2.24, 2.45) is 0 Å². The summed E-state index contributed by atoms with van der Waals surface area (Å²) < 4.78 is 24.4. The maximum absolute atomic E-state index is 13.5. The Bertz CT molecular complexity index is 1430. The SMILES string of the molecule is CS(=O)(=O)c1ccc(-c2sc3ccccc3c(=O)c2-c2c(Cl)cc(Cl)cc2Cl)cc1. The summed E-state index contributed by atoms with van der Waals surface area (Å²) in [5.74, 6) is 0. The van der Waals surface area contributed by atoms with Crippen molar-refractivity contribution in [3.8, 4) is 21.6 Å². The first-order valence-corrected chi connectivity index (χ1v) is 12.5. The summed E-state index contributed by atoms with van der Waals surface area (Å²) in [6, 6.07) is 16.8. The predicted octanol–water partition coefficient (Wildman–Crippen LogP) is 6.96. The molecule has 3 nitrogen and oxygen atoms in total. The average molecular weight is 496 g/mol. The molecule has 0 unspecified atom stereocenters. The Labute approximate surface area is 192 Å². The Hall–Kier alpha value is -1.89. The second-order valence-electron chi connectivity index (χ2n) is 6.67. The zero-order chi connectivity index (χ0) is 21.6. The van der Waals surface area contributed by atoms with Crippen molar-refractivity contribution in [3.63, 3.8) is 0 Å². The summed E-state index contributed by atoms with van der Waals surface area (Å²) in [6.07, 6.45) is 1.15. The average Bonchev–Trinajstić information content (AvgIpc) is 2.68. The molecule has 1 heterocycles. The van der Waals surface area contributed by atoms with Gasteiger partial charge in [-0.05, 0) is 42.0 Å². The van der Waals surface area contributed by atoms with E-state index in [0.29, 0.717) is 32.0 Å². The van der Waals surface area contributed by atoms with Crippen LogP contribution in [0.25, 0.3) is 31.7 Å². The molecule has 0 atom stereocenters. The monoisotopic (exact) mass is 494 g/mol. The van der Waals surface area contributed by atoms with Crippen LogP contribution in [0.15, 0.2) is 70.4 Å². The predicted molar refractivity (Wildman–Crippen MR) is 127 cm³/mol. The molecule has 0 saturated heterocycles. The number of hydrogen-bond acceptors (Lipinski definition) is 4. The van der Waals surface area contributed by atoms with Gasteiger partial charge in [-0.1, -0.05) is 59.1 Å². The van der Waals surface area contributed by atoms with E-state index in [-0.39, 0.29) is 20.4 Å². The van der Waals surface area contributed by atoms with Crippen LogP contribution < -0.4 is 5.43 Å². The Morgan fingerprint density at radius 1 is 0.833 bits per heavy atom. The van der Waals surface area contributed by atoms with Gasteiger partial charge in [0.05, 0.1) is 20.5 Å². The molecule has 3 aromatic carbocycles. The molecule has 0 radical (unpaired) electrons. The Kier molecular flexibility index (Phi) is 5.68.